The van der Waals surface area contributed by atoms with Crippen molar-refractivity contribution < 1.29 is 9.21 Å². The molecule has 3 rings (SSSR count). The first-order valence-corrected chi connectivity index (χ1v) is 6.91. The molecule has 1 aliphatic rings. The summed E-state index contributed by atoms with van der Waals surface area (Å²) in [5.41, 5.74) is 0.575. The van der Waals surface area contributed by atoms with Crippen LogP contribution in [0.15, 0.2) is 29.2 Å². The highest BCUT2D eigenvalue weighted by atomic mass is 32.1. The Bertz CT molecular complexity index is 518. The molecule has 6 nitrogen and oxygen atoms in total. The summed E-state index contributed by atoms with van der Waals surface area (Å²) in [7, 11) is 0. The van der Waals surface area contributed by atoms with E-state index in [1.54, 1.807) is 12.3 Å². The van der Waals surface area contributed by atoms with Crippen LogP contribution in [-0.2, 0) is 0 Å². The summed E-state index contributed by atoms with van der Waals surface area (Å²) in [5.74, 6) is 0.868. The van der Waals surface area contributed by atoms with E-state index in [0.717, 1.165) is 31.7 Å². The highest BCUT2D eigenvalue weighted by molar-refractivity contribution is 6.99. The molecule has 0 saturated carbocycles. The SMILES string of the molecule is O=C(NC1CCN(c2cnsn2)CC1)c1ccoc1. The fourth-order valence-electron chi connectivity index (χ4n) is 2.21. The Hall–Kier alpha value is -1.89. The summed E-state index contributed by atoms with van der Waals surface area (Å²) in [6, 6.07) is 1.89. The molecule has 1 saturated heterocycles. The first kappa shape index (κ1) is 12.2. The number of hydrogen-bond donors (Lipinski definition) is 1. The summed E-state index contributed by atoms with van der Waals surface area (Å²) in [5, 5.41) is 3.03. The van der Waals surface area contributed by atoms with Crippen molar-refractivity contribution in [2.24, 2.45) is 0 Å². The Morgan fingerprint density at radius 2 is 2.32 bits per heavy atom. The summed E-state index contributed by atoms with van der Waals surface area (Å²) < 4.78 is 13.1. The minimum atomic E-state index is -0.0671. The molecule has 0 bridgehead atoms. The lowest BCUT2D eigenvalue weighted by molar-refractivity contribution is 0.0930. The van der Waals surface area contributed by atoms with Gasteiger partial charge in [0.2, 0.25) is 0 Å². The van der Waals surface area contributed by atoms with E-state index in [1.165, 1.54) is 24.3 Å². The number of hydrogen-bond acceptors (Lipinski definition) is 6. The highest BCUT2D eigenvalue weighted by Crippen LogP contribution is 2.18. The van der Waals surface area contributed by atoms with Gasteiger partial charge in [0.1, 0.15) is 6.26 Å². The van der Waals surface area contributed by atoms with Crippen LogP contribution in [0, 0.1) is 0 Å². The number of piperidine rings is 1. The second-order valence-electron chi connectivity index (χ2n) is 4.51. The third-order valence-corrected chi connectivity index (χ3v) is 3.76. The Balaban J connectivity index is 1.52. The van der Waals surface area contributed by atoms with Crippen molar-refractivity contribution in [1.29, 1.82) is 0 Å². The third kappa shape index (κ3) is 2.76. The van der Waals surface area contributed by atoms with Crippen molar-refractivity contribution in [3.8, 4) is 0 Å². The number of nitrogens with one attached hydrogen (secondary N) is 1. The normalized spacial score (nSPS) is 16.5. The molecule has 1 amide bonds. The van der Waals surface area contributed by atoms with E-state index in [1.807, 2.05) is 0 Å². The van der Waals surface area contributed by atoms with Gasteiger partial charge >= 0.3 is 0 Å². The van der Waals surface area contributed by atoms with Crippen LogP contribution in [0.3, 0.4) is 0 Å². The standard InChI is InChI=1S/C12H14N4O2S/c17-12(9-3-6-18-8-9)14-10-1-4-16(5-2-10)11-7-13-19-15-11/h3,6-8,10H,1-2,4-5H2,(H,14,17). The van der Waals surface area contributed by atoms with Crippen molar-refractivity contribution in [3.05, 3.63) is 30.4 Å². The Morgan fingerprint density at radius 3 is 2.95 bits per heavy atom. The number of amides is 1. The molecule has 0 spiro atoms. The van der Waals surface area contributed by atoms with Crippen molar-refractivity contribution in [3.63, 3.8) is 0 Å². The number of furan rings is 1. The first-order valence-electron chi connectivity index (χ1n) is 6.18. The minimum absolute atomic E-state index is 0.0671. The predicted molar refractivity (Wildman–Crippen MR) is 71.3 cm³/mol. The predicted octanol–water partition coefficient (Wildman–Crippen LogP) is 1.53. The topological polar surface area (TPSA) is 71.3 Å². The Kier molecular flexibility index (Phi) is 3.45. The molecule has 0 atom stereocenters. The van der Waals surface area contributed by atoms with Gasteiger partial charge < -0.3 is 14.6 Å². The molecule has 2 aromatic heterocycles. The fourth-order valence-corrected chi connectivity index (χ4v) is 2.65. The molecule has 100 valence electrons. The van der Waals surface area contributed by atoms with Gasteiger partial charge in [0, 0.05) is 19.1 Å². The third-order valence-electron chi connectivity index (χ3n) is 3.29. The molecule has 1 N–H and O–H groups in total. The van der Waals surface area contributed by atoms with Crippen molar-refractivity contribution in [2.45, 2.75) is 18.9 Å². The molecule has 1 aliphatic heterocycles. The molecule has 2 aromatic rings. The summed E-state index contributed by atoms with van der Waals surface area (Å²) in [6.45, 7) is 1.78. The average Bonchev–Trinajstić information content (AvgIpc) is 3.13. The second-order valence-corrected chi connectivity index (χ2v) is 5.07. The smallest absolute Gasteiger partial charge is 0.254 e. The maximum absolute atomic E-state index is 11.9. The summed E-state index contributed by atoms with van der Waals surface area (Å²) in [4.78, 5) is 14.1. The largest absolute Gasteiger partial charge is 0.472 e. The van der Waals surface area contributed by atoms with Gasteiger partial charge in [-0.25, -0.2) is 0 Å². The zero-order valence-electron chi connectivity index (χ0n) is 10.3. The van der Waals surface area contributed by atoms with Gasteiger partial charge in [-0.1, -0.05) is 0 Å². The van der Waals surface area contributed by atoms with Gasteiger partial charge in [-0.3, -0.25) is 4.79 Å². The fraction of sp³-hybridized carbons (Fsp3) is 0.417. The molecule has 3 heterocycles. The lowest BCUT2D eigenvalue weighted by Gasteiger charge is -2.32. The van der Waals surface area contributed by atoms with Crippen LogP contribution in [0.1, 0.15) is 23.2 Å². The van der Waals surface area contributed by atoms with E-state index in [-0.39, 0.29) is 11.9 Å². The lowest BCUT2D eigenvalue weighted by Crippen LogP contribution is -2.44. The van der Waals surface area contributed by atoms with E-state index in [4.69, 9.17) is 4.42 Å². The maximum Gasteiger partial charge on any atom is 0.254 e. The summed E-state index contributed by atoms with van der Waals surface area (Å²) in [6.07, 6.45) is 6.59. The quantitative estimate of drug-likeness (QED) is 0.922. The van der Waals surface area contributed by atoms with E-state index in [9.17, 15) is 4.79 Å². The van der Waals surface area contributed by atoms with Crippen molar-refractivity contribution in [2.75, 3.05) is 18.0 Å². The van der Waals surface area contributed by atoms with Crippen LogP contribution in [0.5, 0.6) is 0 Å². The molecule has 0 aromatic carbocycles. The molecule has 19 heavy (non-hydrogen) atoms. The van der Waals surface area contributed by atoms with Crippen LogP contribution in [0.2, 0.25) is 0 Å². The van der Waals surface area contributed by atoms with Crippen LogP contribution >= 0.6 is 11.7 Å². The van der Waals surface area contributed by atoms with Gasteiger partial charge in [-0.15, -0.1) is 0 Å². The molecule has 1 fully saturated rings. The van der Waals surface area contributed by atoms with Gasteiger partial charge in [0.15, 0.2) is 5.82 Å². The Morgan fingerprint density at radius 1 is 1.47 bits per heavy atom. The van der Waals surface area contributed by atoms with Gasteiger partial charge in [0.05, 0.1) is 29.8 Å². The zero-order valence-corrected chi connectivity index (χ0v) is 11.1. The summed E-state index contributed by atoms with van der Waals surface area (Å²) >= 11 is 1.22. The molecule has 0 radical (unpaired) electrons. The molecule has 7 heteroatoms. The lowest BCUT2D eigenvalue weighted by atomic mass is 10.0. The molecule has 0 aliphatic carbocycles. The van der Waals surface area contributed by atoms with Crippen LogP contribution in [-0.4, -0.2) is 33.8 Å². The minimum Gasteiger partial charge on any atom is -0.472 e. The molecular weight excluding hydrogens is 264 g/mol. The van der Waals surface area contributed by atoms with Crippen LogP contribution < -0.4 is 10.2 Å². The molecule has 0 unspecified atom stereocenters. The van der Waals surface area contributed by atoms with Gasteiger partial charge in [0.25, 0.3) is 5.91 Å². The zero-order chi connectivity index (χ0) is 13.1. The van der Waals surface area contributed by atoms with Crippen LogP contribution in [0.25, 0.3) is 0 Å². The van der Waals surface area contributed by atoms with E-state index >= 15 is 0 Å². The number of carbonyl (C=O) groups is 1. The number of aromatic nitrogens is 2. The number of rotatable bonds is 3. The number of nitrogens with zero attached hydrogens (tertiary/aromatic N) is 3. The van der Waals surface area contributed by atoms with Crippen LogP contribution in [0.4, 0.5) is 5.82 Å². The first-order chi connectivity index (χ1) is 9.33. The Labute approximate surface area is 114 Å². The average molecular weight is 278 g/mol. The van der Waals surface area contributed by atoms with E-state index in [2.05, 4.69) is 19.0 Å². The van der Waals surface area contributed by atoms with Crippen molar-refractivity contribution in [1.82, 2.24) is 14.1 Å². The van der Waals surface area contributed by atoms with E-state index < -0.39 is 0 Å². The highest BCUT2D eigenvalue weighted by Gasteiger charge is 2.22. The van der Waals surface area contributed by atoms with Gasteiger partial charge in [-0.05, 0) is 18.9 Å². The molecular formula is C12H14N4O2S. The second kappa shape index (κ2) is 5.40. The van der Waals surface area contributed by atoms with E-state index in [0.29, 0.717) is 5.56 Å². The number of carbonyl (C=O) groups excluding carboxylic acids is 1. The maximum atomic E-state index is 11.9. The number of anilines is 1. The monoisotopic (exact) mass is 278 g/mol. The van der Waals surface area contributed by atoms with Crippen molar-refractivity contribution >= 4 is 23.5 Å². The van der Waals surface area contributed by atoms with Gasteiger partial charge in [-0.2, -0.15) is 8.75 Å².